The number of carbonyl (C=O) groups excluding carboxylic acids is 1. The van der Waals surface area contributed by atoms with E-state index in [1.165, 1.54) is 16.0 Å². The summed E-state index contributed by atoms with van der Waals surface area (Å²) < 4.78 is 7.77. The molecule has 0 aliphatic heterocycles. The minimum atomic E-state index is -0.437. The maximum Gasteiger partial charge on any atom is 0.347 e. The number of ether oxygens (including phenoxy) is 1. The van der Waals surface area contributed by atoms with E-state index in [1.807, 2.05) is 17.5 Å². The Kier molecular flexibility index (Phi) is 3.43. The molecule has 2 heterocycles. The van der Waals surface area contributed by atoms with E-state index >= 15 is 0 Å². The zero-order valence-electron chi connectivity index (χ0n) is 11.1. The zero-order valence-corrected chi connectivity index (χ0v) is 11.9. The lowest BCUT2D eigenvalue weighted by Crippen LogP contribution is -2.28. The van der Waals surface area contributed by atoms with Crippen molar-refractivity contribution in [2.75, 3.05) is 6.61 Å². The molecule has 20 heavy (non-hydrogen) atoms. The minimum absolute atomic E-state index is 0.134. The van der Waals surface area contributed by atoms with E-state index in [9.17, 15) is 9.59 Å². The Hall–Kier alpha value is -1.89. The van der Waals surface area contributed by atoms with E-state index in [2.05, 4.69) is 5.10 Å². The molecule has 2 aromatic heterocycles. The van der Waals surface area contributed by atoms with Gasteiger partial charge in [-0.15, -0.1) is 16.4 Å². The zero-order chi connectivity index (χ0) is 14.1. The summed E-state index contributed by atoms with van der Waals surface area (Å²) >= 11 is 1.53. The van der Waals surface area contributed by atoms with Gasteiger partial charge in [-0.2, -0.15) is 0 Å². The average Bonchev–Trinajstić information content (AvgIpc) is 3.00. The lowest BCUT2D eigenvalue weighted by atomic mass is 10.4. The molecule has 0 aromatic carbocycles. The lowest BCUT2D eigenvalue weighted by Gasteiger charge is -2.00. The third kappa shape index (κ3) is 2.40. The number of hydrogen-bond acceptors (Lipinski definition) is 5. The molecule has 0 N–H and O–H groups in total. The Morgan fingerprint density at radius 1 is 1.55 bits per heavy atom. The summed E-state index contributed by atoms with van der Waals surface area (Å²) in [7, 11) is 0. The number of aromatic nitrogens is 3. The maximum atomic E-state index is 12.4. The van der Waals surface area contributed by atoms with Crippen LogP contribution in [0.2, 0.25) is 0 Å². The smallest absolute Gasteiger partial charge is 0.347 e. The number of thiophene rings is 1. The maximum absolute atomic E-state index is 12.4. The van der Waals surface area contributed by atoms with Crippen molar-refractivity contribution in [3.63, 3.8) is 0 Å². The highest BCUT2D eigenvalue weighted by molar-refractivity contribution is 7.13. The lowest BCUT2D eigenvalue weighted by molar-refractivity contribution is -0.144. The number of nitrogens with zero attached hydrogens (tertiary/aromatic N) is 3. The Bertz CT molecular complexity index is 668. The molecule has 106 valence electrons. The van der Waals surface area contributed by atoms with Crippen LogP contribution in [0.3, 0.4) is 0 Å². The Balaban J connectivity index is 1.98. The van der Waals surface area contributed by atoms with Gasteiger partial charge in [0.1, 0.15) is 6.54 Å². The molecule has 3 rings (SSSR count). The van der Waals surface area contributed by atoms with Gasteiger partial charge in [-0.3, -0.25) is 9.36 Å². The first kappa shape index (κ1) is 13.1. The van der Waals surface area contributed by atoms with Crippen molar-refractivity contribution >= 4 is 17.3 Å². The van der Waals surface area contributed by atoms with Gasteiger partial charge in [0, 0.05) is 6.04 Å². The van der Waals surface area contributed by atoms with E-state index < -0.39 is 5.97 Å². The molecule has 7 heteroatoms. The Morgan fingerprint density at radius 3 is 2.95 bits per heavy atom. The molecule has 0 atom stereocenters. The fourth-order valence-corrected chi connectivity index (χ4v) is 2.79. The number of hydrogen-bond donors (Lipinski definition) is 0. The molecular formula is C13H15N3O3S. The van der Waals surface area contributed by atoms with Gasteiger partial charge in [0.25, 0.3) is 0 Å². The summed E-state index contributed by atoms with van der Waals surface area (Å²) in [4.78, 5) is 24.8. The summed E-state index contributed by atoms with van der Waals surface area (Å²) in [5.74, 6) is 0.213. The first-order valence-corrected chi connectivity index (χ1v) is 7.47. The SMILES string of the molecule is CCOC(=O)Cn1nc(-c2cccs2)n(C2CC2)c1=O. The first-order chi connectivity index (χ1) is 9.70. The van der Waals surface area contributed by atoms with Crippen molar-refractivity contribution in [2.24, 2.45) is 0 Å². The van der Waals surface area contributed by atoms with Crippen LogP contribution in [0.1, 0.15) is 25.8 Å². The average molecular weight is 293 g/mol. The molecule has 1 aliphatic rings. The van der Waals surface area contributed by atoms with Crippen molar-refractivity contribution in [2.45, 2.75) is 32.4 Å². The normalized spacial score (nSPS) is 14.4. The molecule has 1 aliphatic carbocycles. The van der Waals surface area contributed by atoms with Gasteiger partial charge in [-0.05, 0) is 31.2 Å². The van der Waals surface area contributed by atoms with Crippen LogP contribution in [-0.4, -0.2) is 26.9 Å². The Morgan fingerprint density at radius 2 is 2.35 bits per heavy atom. The number of rotatable bonds is 5. The molecular weight excluding hydrogens is 278 g/mol. The topological polar surface area (TPSA) is 66.1 Å². The third-order valence-electron chi connectivity index (χ3n) is 3.11. The highest BCUT2D eigenvalue weighted by atomic mass is 32.1. The van der Waals surface area contributed by atoms with Crippen molar-refractivity contribution < 1.29 is 9.53 Å². The summed E-state index contributed by atoms with van der Waals surface area (Å²) in [5.41, 5.74) is -0.232. The van der Waals surface area contributed by atoms with Gasteiger partial charge in [0.2, 0.25) is 0 Å². The fourth-order valence-electron chi connectivity index (χ4n) is 2.09. The van der Waals surface area contributed by atoms with Crippen molar-refractivity contribution in [1.29, 1.82) is 0 Å². The summed E-state index contributed by atoms with van der Waals surface area (Å²) in [5, 5.41) is 6.26. The standard InChI is InChI=1S/C13H15N3O3S/c1-2-19-11(17)8-15-13(18)16(9-5-6-9)12(14-15)10-4-3-7-20-10/h3-4,7,9H,2,5-6,8H2,1H3. The van der Waals surface area contributed by atoms with Crippen molar-refractivity contribution in [1.82, 2.24) is 14.3 Å². The van der Waals surface area contributed by atoms with Crippen LogP contribution >= 0.6 is 11.3 Å². The second kappa shape index (κ2) is 5.24. The van der Waals surface area contributed by atoms with Gasteiger partial charge in [-0.25, -0.2) is 9.48 Å². The molecule has 1 fully saturated rings. The van der Waals surface area contributed by atoms with Crippen LogP contribution in [0.25, 0.3) is 10.7 Å². The molecule has 1 saturated carbocycles. The fraction of sp³-hybridized carbons (Fsp3) is 0.462. The van der Waals surface area contributed by atoms with Crippen LogP contribution in [0.5, 0.6) is 0 Å². The highest BCUT2D eigenvalue weighted by Gasteiger charge is 2.31. The quantitative estimate of drug-likeness (QED) is 0.787. The summed E-state index contributed by atoms with van der Waals surface area (Å²) in [6.45, 7) is 1.90. The van der Waals surface area contributed by atoms with E-state index in [-0.39, 0.29) is 18.3 Å². The van der Waals surface area contributed by atoms with Crippen LogP contribution < -0.4 is 5.69 Å². The van der Waals surface area contributed by atoms with Crippen LogP contribution in [0.15, 0.2) is 22.3 Å². The van der Waals surface area contributed by atoms with Gasteiger partial charge in [0.15, 0.2) is 5.82 Å². The van der Waals surface area contributed by atoms with Gasteiger partial charge in [-0.1, -0.05) is 6.07 Å². The number of carbonyl (C=O) groups is 1. The molecule has 0 bridgehead atoms. The molecule has 0 amide bonds. The van der Waals surface area contributed by atoms with Crippen LogP contribution in [-0.2, 0) is 16.1 Å². The molecule has 0 radical (unpaired) electrons. The monoisotopic (exact) mass is 293 g/mol. The molecule has 0 unspecified atom stereocenters. The molecule has 0 saturated heterocycles. The van der Waals surface area contributed by atoms with E-state index in [1.54, 1.807) is 11.5 Å². The van der Waals surface area contributed by atoms with E-state index in [0.29, 0.717) is 12.4 Å². The summed E-state index contributed by atoms with van der Waals surface area (Å²) in [6, 6.07) is 4.07. The first-order valence-electron chi connectivity index (χ1n) is 6.59. The van der Waals surface area contributed by atoms with Crippen molar-refractivity contribution in [3.8, 4) is 10.7 Å². The highest BCUT2D eigenvalue weighted by Crippen LogP contribution is 2.37. The molecule has 0 spiro atoms. The van der Waals surface area contributed by atoms with Gasteiger partial charge >= 0.3 is 11.7 Å². The van der Waals surface area contributed by atoms with Gasteiger partial charge < -0.3 is 4.74 Å². The molecule has 6 nitrogen and oxygen atoms in total. The largest absolute Gasteiger partial charge is 0.465 e. The van der Waals surface area contributed by atoms with E-state index in [0.717, 1.165) is 17.7 Å². The van der Waals surface area contributed by atoms with Crippen LogP contribution in [0, 0.1) is 0 Å². The van der Waals surface area contributed by atoms with E-state index in [4.69, 9.17) is 4.74 Å². The third-order valence-corrected chi connectivity index (χ3v) is 3.97. The second-order valence-electron chi connectivity index (χ2n) is 4.65. The van der Waals surface area contributed by atoms with Gasteiger partial charge in [0.05, 0.1) is 11.5 Å². The predicted octanol–water partition coefficient (Wildman–Crippen LogP) is 1.67. The number of esters is 1. The van der Waals surface area contributed by atoms with Crippen molar-refractivity contribution in [3.05, 3.63) is 28.0 Å². The van der Waals surface area contributed by atoms with Crippen LogP contribution in [0.4, 0.5) is 0 Å². The molecule has 2 aromatic rings. The summed E-state index contributed by atoms with van der Waals surface area (Å²) in [6.07, 6.45) is 1.98. The second-order valence-corrected chi connectivity index (χ2v) is 5.60. The predicted molar refractivity (Wildman–Crippen MR) is 74.7 cm³/mol. The Labute approximate surface area is 119 Å². The minimum Gasteiger partial charge on any atom is -0.465 e.